The van der Waals surface area contributed by atoms with Gasteiger partial charge in [0.1, 0.15) is 12.4 Å². The maximum absolute atomic E-state index is 13.4. The van der Waals surface area contributed by atoms with Crippen molar-refractivity contribution in [3.05, 3.63) is 113 Å². The van der Waals surface area contributed by atoms with E-state index in [2.05, 4.69) is 20.6 Å². The molecule has 11 heteroatoms. The number of nitrogens with one attached hydrogen (secondary N) is 2. The number of rotatable bonds is 16. The number of carbonyl (C=O) groups is 4. The highest BCUT2D eigenvalue weighted by Crippen LogP contribution is 2.15. The summed E-state index contributed by atoms with van der Waals surface area (Å²) in [6.45, 7) is -0.339. The molecule has 1 unspecified atom stereocenters. The number of benzene rings is 2. The zero-order valence-electron chi connectivity index (χ0n) is 23.3. The SMILES string of the molecule is O=CNCc1cnc(-c2ccccc2)n(CC(=O)NC(Cc2ccccc2)C(=O)C(=O)CCCOc2ccccn2)c1=O. The first-order valence-electron chi connectivity index (χ1n) is 13.7. The number of Topliss-reactive ketones (excluding diaryl/α,β-unsaturated/α-hetero) is 2. The van der Waals surface area contributed by atoms with Crippen LogP contribution in [0, 0.1) is 0 Å². The van der Waals surface area contributed by atoms with Crippen LogP contribution in [0.15, 0.2) is 96.1 Å². The number of pyridine rings is 1. The van der Waals surface area contributed by atoms with Crippen LogP contribution in [0.4, 0.5) is 0 Å². The molecule has 2 aromatic heterocycles. The Morgan fingerprint density at radius 1 is 0.930 bits per heavy atom. The normalized spacial score (nSPS) is 11.3. The van der Waals surface area contributed by atoms with Gasteiger partial charge in [-0.25, -0.2) is 9.97 Å². The summed E-state index contributed by atoms with van der Waals surface area (Å²) in [6.07, 6.45) is 3.71. The number of carbonyl (C=O) groups excluding carboxylic acids is 4. The molecule has 43 heavy (non-hydrogen) atoms. The summed E-state index contributed by atoms with van der Waals surface area (Å²) in [7, 11) is 0. The Morgan fingerprint density at radius 3 is 2.35 bits per heavy atom. The monoisotopic (exact) mass is 581 g/mol. The van der Waals surface area contributed by atoms with Crippen LogP contribution in [0.25, 0.3) is 11.4 Å². The van der Waals surface area contributed by atoms with Crippen LogP contribution >= 0.6 is 0 Å². The van der Waals surface area contributed by atoms with Gasteiger partial charge in [0.15, 0.2) is 0 Å². The summed E-state index contributed by atoms with van der Waals surface area (Å²) >= 11 is 0. The van der Waals surface area contributed by atoms with E-state index in [0.29, 0.717) is 17.9 Å². The van der Waals surface area contributed by atoms with Crippen molar-refractivity contribution in [2.75, 3.05) is 6.61 Å². The van der Waals surface area contributed by atoms with Gasteiger partial charge in [-0.3, -0.25) is 28.5 Å². The van der Waals surface area contributed by atoms with Crippen molar-refractivity contribution in [3.63, 3.8) is 0 Å². The van der Waals surface area contributed by atoms with E-state index in [4.69, 9.17) is 4.74 Å². The molecule has 2 N–H and O–H groups in total. The molecule has 0 aliphatic rings. The minimum atomic E-state index is -1.15. The van der Waals surface area contributed by atoms with E-state index in [1.165, 1.54) is 10.8 Å². The topological polar surface area (TPSA) is 149 Å². The number of ketones is 2. The second-order valence-electron chi connectivity index (χ2n) is 9.58. The Labute approximate surface area is 248 Å². The van der Waals surface area contributed by atoms with E-state index in [1.807, 2.05) is 12.1 Å². The molecule has 2 amide bonds. The van der Waals surface area contributed by atoms with E-state index in [1.54, 1.807) is 72.9 Å². The number of nitrogens with zero attached hydrogens (tertiary/aromatic N) is 3. The average Bonchev–Trinajstić information content (AvgIpc) is 3.04. The third kappa shape index (κ3) is 8.77. The molecule has 0 bridgehead atoms. The van der Waals surface area contributed by atoms with E-state index in [9.17, 15) is 24.0 Å². The largest absolute Gasteiger partial charge is 0.478 e. The molecule has 0 aliphatic heterocycles. The molecule has 1 atom stereocenters. The lowest BCUT2D eigenvalue weighted by Gasteiger charge is -2.19. The first kappa shape index (κ1) is 30.5. The van der Waals surface area contributed by atoms with Gasteiger partial charge in [-0.1, -0.05) is 66.7 Å². The molecule has 220 valence electrons. The summed E-state index contributed by atoms with van der Waals surface area (Å²) < 4.78 is 6.70. The van der Waals surface area contributed by atoms with Gasteiger partial charge in [-0.15, -0.1) is 0 Å². The van der Waals surface area contributed by atoms with Crippen molar-refractivity contribution in [1.29, 1.82) is 0 Å². The fourth-order valence-electron chi connectivity index (χ4n) is 4.37. The van der Waals surface area contributed by atoms with Crippen LogP contribution in [0.3, 0.4) is 0 Å². The van der Waals surface area contributed by atoms with Crippen molar-refractivity contribution < 1.29 is 23.9 Å². The van der Waals surface area contributed by atoms with E-state index < -0.39 is 35.6 Å². The molecular formula is C32H31N5O6. The molecule has 0 spiro atoms. The molecule has 0 saturated carbocycles. The Bertz CT molecular complexity index is 1590. The Kier molecular flexibility index (Phi) is 11.0. The zero-order valence-corrected chi connectivity index (χ0v) is 23.3. The van der Waals surface area contributed by atoms with Crippen LogP contribution in [0.5, 0.6) is 5.88 Å². The smallest absolute Gasteiger partial charge is 0.259 e. The molecule has 0 aliphatic carbocycles. The van der Waals surface area contributed by atoms with Gasteiger partial charge in [-0.05, 0) is 18.1 Å². The van der Waals surface area contributed by atoms with Crippen LogP contribution in [-0.2, 0) is 38.7 Å². The first-order chi connectivity index (χ1) is 21.0. The van der Waals surface area contributed by atoms with Crippen molar-refractivity contribution in [2.24, 2.45) is 0 Å². The third-order valence-electron chi connectivity index (χ3n) is 6.47. The molecule has 4 aromatic rings. The van der Waals surface area contributed by atoms with Crippen molar-refractivity contribution >= 4 is 23.9 Å². The van der Waals surface area contributed by atoms with E-state index >= 15 is 0 Å². The highest BCUT2D eigenvalue weighted by atomic mass is 16.5. The lowest BCUT2D eigenvalue weighted by molar-refractivity contribution is -0.139. The van der Waals surface area contributed by atoms with Gasteiger partial charge >= 0.3 is 0 Å². The minimum absolute atomic E-state index is 0.0693. The van der Waals surface area contributed by atoms with Crippen molar-refractivity contribution in [3.8, 4) is 17.3 Å². The lowest BCUT2D eigenvalue weighted by Crippen LogP contribution is -2.47. The maximum Gasteiger partial charge on any atom is 0.259 e. The van der Waals surface area contributed by atoms with Gasteiger partial charge in [-0.2, -0.15) is 0 Å². The quantitative estimate of drug-likeness (QED) is 0.116. The lowest BCUT2D eigenvalue weighted by atomic mass is 9.98. The standard InChI is InChI=1S/C32H31N5O6/c38-22-33-19-25-20-35-31(24-12-5-2-6-13-24)37(32(25)42)21-28(40)36-26(18-23-10-3-1-4-11-23)30(41)27(39)14-9-17-43-29-15-7-8-16-34-29/h1-8,10-13,15-16,20,22,26H,9,14,17-19,21H2,(H,33,38)(H,36,40). The second-order valence-corrected chi connectivity index (χ2v) is 9.58. The fourth-order valence-corrected chi connectivity index (χ4v) is 4.37. The molecule has 0 fully saturated rings. The van der Waals surface area contributed by atoms with Crippen molar-refractivity contribution in [2.45, 2.75) is 38.4 Å². The summed E-state index contributed by atoms with van der Waals surface area (Å²) in [5.41, 5.74) is 1.01. The van der Waals surface area contributed by atoms with Crippen LogP contribution in [0.2, 0.25) is 0 Å². The number of aromatic nitrogens is 3. The van der Waals surface area contributed by atoms with Crippen LogP contribution in [-0.4, -0.2) is 51.1 Å². The molecule has 2 heterocycles. The molecule has 11 nitrogen and oxygen atoms in total. The molecular weight excluding hydrogens is 550 g/mol. The predicted octanol–water partition coefficient (Wildman–Crippen LogP) is 2.28. The zero-order chi connectivity index (χ0) is 30.4. The van der Waals surface area contributed by atoms with Gasteiger partial charge in [0, 0.05) is 43.4 Å². The van der Waals surface area contributed by atoms with Gasteiger partial charge in [0.2, 0.25) is 29.8 Å². The summed E-state index contributed by atoms with van der Waals surface area (Å²) in [5, 5.41) is 5.10. The average molecular weight is 582 g/mol. The van der Waals surface area contributed by atoms with Gasteiger partial charge in [0.05, 0.1) is 18.2 Å². The van der Waals surface area contributed by atoms with Crippen molar-refractivity contribution in [1.82, 2.24) is 25.2 Å². The Hall–Kier alpha value is -5.45. The fraction of sp³-hybridized carbons (Fsp3) is 0.219. The summed E-state index contributed by atoms with van der Waals surface area (Å²) in [6, 6.07) is 21.9. The van der Waals surface area contributed by atoms with Crippen LogP contribution in [0.1, 0.15) is 24.0 Å². The number of hydrogen-bond donors (Lipinski definition) is 2. The second kappa shape index (κ2) is 15.5. The predicted molar refractivity (Wildman–Crippen MR) is 158 cm³/mol. The third-order valence-corrected chi connectivity index (χ3v) is 6.47. The number of amides is 2. The Balaban J connectivity index is 1.50. The highest BCUT2D eigenvalue weighted by molar-refractivity contribution is 6.39. The van der Waals surface area contributed by atoms with Gasteiger partial charge < -0.3 is 15.4 Å². The molecule has 0 radical (unpaired) electrons. The first-order valence-corrected chi connectivity index (χ1v) is 13.7. The molecule has 4 rings (SSSR count). The molecule has 0 saturated heterocycles. The van der Waals surface area contributed by atoms with Gasteiger partial charge in [0.25, 0.3) is 5.56 Å². The summed E-state index contributed by atoms with van der Waals surface area (Å²) in [5.74, 6) is -1.38. The Morgan fingerprint density at radius 2 is 1.65 bits per heavy atom. The highest BCUT2D eigenvalue weighted by Gasteiger charge is 2.27. The molecule has 2 aromatic carbocycles. The maximum atomic E-state index is 13.4. The van der Waals surface area contributed by atoms with E-state index in [-0.39, 0.29) is 43.8 Å². The minimum Gasteiger partial charge on any atom is -0.478 e. The van der Waals surface area contributed by atoms with Crippen LogP contribution < -0.4 is 20.9 Å². The summed E-state index contributed by atoms with van der Waals surface area (Å²) in [4.78, 5) is 72.1. The number of ether oxygens (including phenoxy) is 1. The number of hydrogen-bond acceptors (Lipinski definition) is 8. The van der Waals surface area contributed by atoms with E-state index in [0.717, 1.165) is 5.56 Å².